The van der Waals surface area contributed by atoms with Crippen LogP contribution in [0.3, 0.4) is 0 Å². The number of thioether (sulfide) groups is 1. The fraction of sp³-hybridized carbons (Fsp3) is 0.200. The summed E-state index contributed by atoms with van der Waals surface area (Å²) >= 11 is 1.37. The second kappa shape index (κ2) is 7.36. The van der Waals surface area contributed by atoms with Gasteiger partial charge in [0.25, 0.3) is 0 Å². The van der Waals surface area contributed by atoms with Crippen LogP contribution in [0.15, 0.2) is 53.6 Å². The molecule has 1 fully saturated rings. The summed E-state index contributed by atoms with van der Waals surface area (Å²) in [5.74, 6) is 0.230. The van der Waals surface area contributed by atoms with Gasteiger partial charge in [0, 0.05) is 17.0 Å². The molecule has 0 bridgehead atoms. The van der Waals surface area contributed by atoms with Gasteiger partial charge in [-0.1, -0.05) is 36.0 Å². The number of carbonyl (C=O) groups is 2. The summed E-state index contributed by atoms with van der Waals surface area (Å²) in [6.45, 7) is 0. The Morgan fingerprint density at radius 2 is 1.93 bits per heavy atom. The average molecular weight is 379 g/mol. The van der Waals surface area contributed by atoms with Gasteiger partial charge in [0.1, 0.15) is 10.9 Å². The number of aromatic carboxylic acids is 1. The van der Waals surface area contributed by atoms with Gasteiger partial charge in [-0.3, -0.25) is 4.79 Å². The number of carbonyl (C=O) groups excluding carboxylic acids is 1. The maximum Gasteiger partial charge on any atom is 0.335 e. The molecule has 0 spiro atoms. The van der Waals surface area contributed by atoms with E-state index < -0.39 is 5.97 Å². The fourth-order valence-electron chi connectivity index (χ4n) is 2.76. The summed E-state index contributed by atoms with van der Waals surface area (Å²) in [4.78, 5) is 32.7. The molecule has 1 amide bonds. The molecule has 0 radical (unpaired) electrons. The van der Waals surface area contributed by atoms with Crippen LogP contribution in [0.25, 0.3) is 10.9 Å². The van der Waals surface area contributed by atoms with Crippen molar-refractivity contribution in [1.29, 1.82) is 0 Å². The molecule has 6 nitrogen and oxygen atoms in total. The first kappa shape index (κ1) is 17.5. The number of para-hydroxylation sites is 1. The van der Waals surface area contributed by atoms with Gasteiger partial charge in [0.2, 0.25) is 5.91 Å². The quantitative estimate of drug-likeness (QED) is 0.498. The van der Waals surface area contributed by atoms with Crippen molar-refractivity contribution in [3.63, 3.8) is 0 Å². The molecule has 1 aliphatic carbocycles. The average Bonchev–Trinajstić information content (AvgIpc) is 3.51. The molecule has 1 aliphatic rings. The third-order valence-electron chi connectivity index (χ3n) is 4.26. The second-order valence-corrected chi connectivity index (χ2v) is 7.37. The van der Waals surface area contributed by atoms with E-state index in [1.165, 1.54) is 23.9 Å². The molecule has 1 heterocycles. The summed E-state index contributed by atoms with van der Waals surface area (Å²) in [7, 11) is 0. The van der Waals surface area contributed by atoms with E-state index in [1.807, 2.05) is 24.3 Å². The minimum atomic E-state index is -1.03. The van der Waals surface area contributed by atoms with Gasteiger partial charge in [-0.05, 0) is 37.1 Å². The third kappa shape index (κ3) is 4.09. The molecular weight excluding hydrogens is 362 g/mol. The highest BCUT2D eigenvalue weighted by atomic mass is 32.2. The lowest BCUT2D eigenvalue weighted by Gasteiger charge is -2.09. The Balaban J connectivity index is 1.49. The topological polar surface area (TPSA) is 92.2 Å². The predicted molar refractivity (Wildman–Crippen MR) is 104 cm³/mol. The Hall–Kier alpha value is -2.93. The number of rotatable bonds is 6. The fourth-order valence-corrected chi connectivity index (χ4v) is 3.59. The van der Waals surface area contributed by atoms with E-state index in [0.717, 1.165) is 34.6 Å². The van der Waals surface area contributed by atoms with Gasteiger partial charge in [0.15, 0.2) is 0 Å². The second-order valence-electron chi connectivity index (χ2n) is 6.40. The molecule has 0 atom stereocenters. The molecule has 1 saturated carbocycles. The monoisotopic (exact) mass is 379 g/mol. The van der Waals surface area contributed by atoms with E-state index in [1.54, 1.807) is 12.1 Å². The Morgan fingerprint density at radius 1 is 1.11 bits per heavy atom. The summed E-state index contributed by atoms with van der Waals surface area (Å²) in [6, 6.07) is 14.0. The Bertz CT molecular complexity index is 1030. The molecule has 4 rings (SSSR count). The highest BCUT2D eigenvalue weighted by molar-refractivity contribution is 8.00. The standard InChI is InChI=1S/C20H17N3O3S/c24-17(21-14-5-3-4-13(10-14)20(25)26)11-27-19-15-6-1-2-7-16(15)22-18(23-19)12-8-9-12/h1-7,10,12H,8-9,11H2,(H,21,24)(H,25,26). The zero-order valence-electron chi connectivity index (χ0n) is 14.4. The lowest BCUT2D eigenvalue weighted by atomic mass is 10.2. The third-order valence-corrected chi connectivity index (χ3v) is 5.25. The molecule has 3 aromatic rings. The molecular formula is C20H17N3O3S. The van der Waals surface area contributed by atoms with Crippen LogP contribution in [-0.2, 0) is 4.79 Å². The van der Waals surface area contributed by atoms with Crippen molar-refractivity contribution in [2.45, 2.75) is 23.8 Å². The normalized spacial score (nSPS) is 13.5. The van der Waals surface area contributed by atoms with Gasteiger partial charge in [0.05, 0.1) is 16.8 Å². The summed E-state index contributed by atoms with van der Waals surface area (Å²) in [5.41, 5.74) is 1.49. The number of benzene rings is 2. The number of anilines is 1. The Labute approximate surface area is 160 Å². The van der Waals surface area contributed by atoms with Crippen LogP contribution in [0.2, 0.25) is 0 Å². The van der Waals surface area contributed by atoms with Crippen molar-refractivity contribution in [2.75, 3.05) is 11.1 Å². The van der Waals surface area contributed by atoms with Crippen LogP contribution in [0.4, 0.5) is 5.69 Å². The molecule has 136 valence electrons. The molecule has 0 aliphatic heterocycles. The zero-order chi connectivity index (χ0) is 18.8. The highest BCUT2D eigenvalue weighted by Crippen LogP contribution is 2.39. The van der Waals surface area contributed by atoms with Crippen LogP contribution in [0.1, 0.15) is 34.9 Å². The van der Waals surface area contributed by atoms with Crippen LogP contribution in [0, 0.1) is 0 Å². The highest BCUT2D eigenvalue weighted by Gasteiger charge is 2.27. The maximum atomic E-state index is 12.3. The number of hydrogen-bond donors (Lipinski definition) is 2. The number of hydrogen-bond acceptors (Lipinski definition) is 5. The Morgan fingerprint density at radius 3 is 2.70 bits per heavy atom. The first-order valence-electron chi connectivity index (χ1n) is 8.63. The molecule has 0 unspecified atom stereocenters. The van der Waals surface area contributed by atoms with Crippen molar-refractivity contribution in [3.05, 3.63) is 59.9 Å². The van der Waals surface area contributed by atoms with Gasteiger partial charge in [-0.15, -0.1) is 0 Å². The molecule has 0 saturated heterocycles. The van der Waals surface area contributed by atoms with E-state index >= 15 is 0 Å². The van der Waals surface area contributed by atoms with Crippen LogP contribution in [-0.4, -0.2) is 32.7 Å². The number of fused-ring (bicyclic) bond motifs is 1. The van der Waals surface area contributed by atoms with Gasteiger partial charge in [-0.25, -0.2) is 14.8 Å². The number of carboxylic acid groups (broad SMARTS) is 1. The summed E-state index contributed by atoms with van der Waals surface area (Å²) < 4.78 is 0. The van der Waals surface area contributed by atoms with E-state index in [-0.39, 0.29) is 17.2 Å². The first-order chi connectivity index (χ1) is 13.1. The van der Waals surface area contributed by atoms with Crippen molar-refractivity contribution in [2.24, 2.45) is 0 Å². The summed E-state index contributed by atoms with van der Waals surface area (Å²) in [5, 5.41) is 13.5. The first-order valence-corrected chi connectivity index (χ1v) is 9.61. The maximum absolute atomic E-state index is 12.3. The zero-order valence-corrected chi connectivity index (χ0v) is 15.2. The molecule has 2 aromatic carbocycles. The number of amides is 1. The van der Waals surface area contributed by atoms with Crippen molar-refractivity contribution >= 4 is 40.2 Å². The van der Waals surface area contributed by atoms with Crippen molar-refractivity contribution in [3.8, 4) is 0 Å². The van der Waals surface area contributed by atoms with Gasteiger partial charge >= 0.3 is 5.97 Å². The SMILES string of the molecule is O=C(CSc1nc(C2CC2)nc2ccccc12)Nc1cccc(C(=O)O)c1. The smallest absolute Gasteiger partial charge is 0.335 e. The van der Waals surface area contributed by atoms with E-state index in [2.05, 4.69) is 15.3 Å². The van der Waals surface area contributed by atoms with Crippen LogP contribution >= 0.6 is 11.8 Å². The van der Waals surface area contributed by atoms with E-state index in [0.29, 0.717) is 11.6 Å². The number of nitrogens with one attached hydrogen (secondary N) is 1. The minimum absolute atomic E-state index is 0.135. The molecule has 1 aromatic heterocycles. The van der Waals surface area contributed by atoms with Gasteiger partial charge < -0.3 is 10.4 Å². The lowest BCUT2D eigenvalue weighted by Crippen LogP contribution is -2.14. The summed E-state index contributed by atoms with van der Waals surface area (Å²) in [6.07, 6.45) is 2.23. The van der Waals surface area contributed by atoms with Crippen LogP contribution in [0.5, 0.6) is 0 Å². The Kier molecular flexibility index (Phi) is 4.77. The lowest BCUT2D eigenvalue weighted by molar-refractivity contribution is -0.113. The number of nitrogens with zero attached hydrogens (tertiary/aromatic N) is 2. The van der Waals surface area contributed by atoms with E-state index in [4.69, 9.17) is 5.11 Å². The van der Waals surface area contributed by atoms with E-state index in [9.17, 15) is 9.59 Å². The molecule has 7 heteroatoms. The molecule has 2 N–H and O–H groups in total. The predicted octanol–water partition coefficient (Wildman–Crippen LogP) is 3.94. The molecule has 27 heavy (non-hydrogen) atoms. The number of aromatic nitrogens is 2. The van der Waals surface area contributed by atoms with Crippen LogP contribution < -0.4 is 5.32 Å². The van der Waals surface area contributed by atoms with Gasteiger partial charge in [-0.2, -0.15) is 0 Å². The minimum Gasteiger partial charge on any atom is -0.478 e. The number of carboxylic acids is 1. The van der Waals surface area contributed by atoms with Crippen molar-refractivity contribution < 1.29 is 14.7 Å². The largest absolute Gasteiger partial charge is 0.478 e. The van der Waals surface area contributed by atoms with Crippen molar-refractivity contribution in [1.82, 2.24) is 9.97 Å².